The Morgan fingerprint density at radius 3 is 2.72 bits per heavy atom. The summed E-state index contributed by atoms with van der Waals surface area (Å²) in [6.45, 7) is 3.98. The average Bonchev–Trinajstić information content (AvgIpc) is 2.84. The van der Waals surface area contributed by atoms with E-state index < -0.39 is 0 Å². The lowest BCUT2D eigenvalue weighted by atomic mass is 10.1. The minimum Gasteiger partial charge on any atom is -0.497 e. The highest BCUT2D eigenvalue weighted by Gasteiger charge is 2.16. The fourth-order valence-corrected chi connectivity index (χ4v) is 3.05. The molecule has 0 saturated carbocycles. The van der Waals surface area contributed by atoms with E-state index in [2.05, 4.69) is 29.4 Å². The molecule has 0 amide bonds. The summed E-state index contributed by atoms with van der Waals surface area (Å²) < 4.78 is 7.25. The third-order valence-corrected chi connectivity index (χ3v) is 4.23. The molecule has 136 valence electrons. The molecule has 0 bridgehead atoms. The molecule has 0 spiro atoms. The lowest BCUT2D eigenvalue weighted by Gasteiger charge is -2.14. The maximum atomic E-state index is 5.40. The fraction of sp³-hybridized carbons (Fsp3) is 0.444. The van der Waals surface area contributed by atoms with Crippen LogP contribution in [0.4, 0.5) is 5.69 Å². The van der Waals surface area contributed by atoms with Gasteiger partial charge in [-0.25, -0.2) is 4.98 Å². The molecule has 3 rings (SSSR count). The van der Waals surface area contributed by atoms with Crippen LogP contribution in [0, 0.1) is 6.92 Å². The molecule has 6 nitrogen and oxygen atoms in total. The number of anilines is 1. The van der Waals surface area contributed by atoms with Crippen LogP contribution in [0.3, 0.4) is 0 Å². The van der Waals surface area contributed by atoms with Crippen molar-refractivity contribution in [2.24, 2.45) is 7.05 Å². The van der Waals surface area contributed by atoms with E-state index in [9.17, 15) is 0 Å². The molecule has 1 aromatic carbocycles. The van der Waals surface area contributed by atoms with Crippen LogP contribution in [0.5, 0.6) is 5.75 Å². The highest BCUT2D eigenvalue weighted by atomic mass is 35.5. The van der Waals surface area contributed by atoms with E-state index in [4.69, 9.17) is 9.72 Å². The summed E-state index contributed by atoms with van der Waals surface area (Å²) in [7, 11) is 7.81. The fourth-order valence-electron chi connectivity index (χ4n) is 3.05. The molecule has 0 aliphatic rings. The first-order valence-corrected chi connectivity index (χ1v) is 8.21. The maximum absolute atomic E-state index is 5.40. The van der Waals surface area contributed by atoms with Gasteiger partial charge in [0.05, 0.1) is 29.4 Å². The summed E-state index contributed by atoms with van der Waals surface area (Å²) in [5.41, 5.74) is 3.93. The number of hydrogen-bond donors (Lipinski definition) is 1. The molecular formula is C18H26ClN5O. The van der Waals surface area contributed by atoms with Gasteiger partial charge in [0.2, 0.25) is 0 Å². The number of aryl methyl sites for hydroxylation is 2. The third kappa shape index (κ3) is 3.80. The third-order valence-electron chi connectivity index (χ3n) is 4.23. The van der Waals surface area contributed by atoms with Gasteiger partial charge in [0, 0.05) is 19.0 Å². The Morgan fingerprint density at radius 2 is 2.04 bits per heavy atom. The second-order valence-electron chi connectivity index (χ2n) is 6.36. The van der Waals surface area contributed by atoms with Crippen molar-refractivity contribution in [1.29, 1.82) is 0 Å². The highest BCUT2D eigenvalue weighted by molar-refractivity contribution is 6.08. The Hall–Kier alpha value is -2.05. The van der Waals surface area contributed by atoms with Crippen LogP contribution in [0.2, 0.25) is 0 Å². The van der Waals surface area contributed by atoms with E-state index in [1.807, 2.05) is 36.9 Å². The van der Waals surface area contributed by atoms with E-state index in [0.29, 0.717) is 0 Å². The maximum Gasteiger partial charge on any atom is 0.160 e. The molecule has 0 atom stereocenters. The lowest BCUT2D eigenvalue weighted by molar-refractivity contribution is 0.405. The largest absolute Gasteiger partial charge is 0.497 e. The van der Waals surface area contributed by atoms with Crippen LogP contribution in [0.25, 0.3) is 21.9 Å². The normalized spacial score (nSPS) is 11.1. The van der Waals surface area contributed by atoms with E-state index in [1.54, 1.807) is 7.11 Å². The molecule has 0 fully saturated rings. The van der Waals surface area contributed by atoms with Crippen molar-refractivity contribution < 1.29 is 4.74 Å². The number of nitrogens with zero attached hydrogens (tertiary/aromatic N) is 4. The molecule has 25 heavy (non-hydrogen) atoms. The zero-order valence-corrected chi connectivity index (χ0v) is 16.3. The number of nitrogens with one attached hydrogen (secondary N) is 1. The molecule has 0 saturated heterocycles. The summed E-state index contributed by atoms with van der Waals surface area (Å²) in [4.78, 5) is 6.98. The SMILES string of the molecule is COc1ccc2nc3c(c(C)nn3C)c(NCCCN(C)C)c2c1.Cl. The zero-order valence-electron chi connectivity index (χ0n) is 15.5. The van der Waals surface area contributed by atoms with Crippen molar-refractivity contribution in [2.45, 2.75) is 13.3 Å². The molecular weight excluding hydrogens is 338 g/mol. The number of hydrogen-bond acceptors (Lipinski definition) is 5. The van der Waals surface area contributed by atoms with Gasteiger partial charge in [0.25, 0.3) is 0 Å². The van der Waals surface area contributed by atoms with Gasteiger partial charge in [-0.05, 0) is 52.2 Å². The Morgan fingerprint density at radius 1 is 1.28 bits per heavy atom. The molecule has 0 unspecified atom stereocenters. The van der Waals surface area contributed by atoms with Gasteiger partial charge >= 0.3 is 0 Å². The van der Waals surface area contributed by atoms with Gasteiger partial charge < -0.3 is 15.0 Å². The molecule has 2 heterocycles. The first-order chi connectivity index (χ1) is 11.5. The van der Waals surface area contributed by atoms with Crippen molar-refractivity contribution in [1.82, 2.24) is 19.7 Å². The second kappa shape index (κ2) is 7.89. The Balaban J connectivity index is 0.00000225. The molecule has 3 aromatic rings. The topological polar surface area (TPSA) is 55.2 Å². The summed E-state index contributed by atoms with van der Waals surface area (Å²) in [6.07, 6.45) is 1.07. The number of halogens is 1. The molecule has 0 radical (unpaired) electrons. The first kappa shape index (κ1) is 19.3. The van der Waals surface area contributed by atoms with Gasteiger partial charge in [-0.1, -0.05) is 0 Å². The molecule has 7 heteroatoms. The lowest BCUT2D eigenvalue weighted by Crippen LogP contribution is -2.16. The van der Waals surface area contributed by atoms with Crippen molar-refractivity contribution in [3.05, 3.63) is 23.9 Å². The van der Waals surface area contributed by atoms with Gasteiger partial charge in [-0.15, -0.1) is 12.4 Å². The van der Waals surface area contributed by atoms with Crippen molar-refractivity contribution in [3.8, 4) is 5.75 Å². The molecule has 0 aliphatic carbocycles. The van der Waals surface area contributed by atoms with Crippen LogP contribution in [-0.4, -0.2) is 54.0 Å². The number of aromatic nitrogens is 3. The summed E-state index contributed by atoms with van der Waals surface area (Å²) in [5, 5.41) is 10.3. The highest BCUT2D eigenvalue weighted by Crippen LogP contribution is 2.34. The van der Waals surface area contributed by atoms with Gasteiger partial charge in [0.15, 0.2) is 5.65 Å². The van der Waals surface area contributed by atoms with E-state index in [1.165, 1.54) is 0 Å². The minimum atomic E-state index is 0. The average molecular weight is 364 g/mol. The molecule has 0 aliphatic heterocycles. The Labute approximate surface area is 154 Å². The monoisotopic (exact) mass is 363 g/mol. The number of fused-ring (bicyclic) bond motifs is 2. The quantitative estimate of drug-likeness (QED) is 0.681. The number of ether oxygens (including phenoxy) is 1. The van der Waals surface area contributed by atoms with Crippen LogP contribution in [-0.2, 0) is 7.05 Å². The Bertz CT molecular complexity index is 875. The summed E-state index contributed by atoms with van der Waals surface area (Å²) in [5.74, 6) is 0.835. The van der Waals surface area contributed by atoms with E-state index in [0.717, 1.165) is 58.6 Å². The smallest absolute Gasteiger partial charge is 0.160 e. The van der Waals surface area contributed by atoms with Crippen LogP contribution >= 0.6 is 12.4 Å². The summed E-state index contributed by atoms with van der Waals surface area (Å²) in [6, 6.07) is 5.99. The summed E-state index contributed by atoms with van der Waals surface area (Å²) >= 11 is 0. The number of benzene rings is 1. The predicted molar refractivity (Wildman–Crippen MR) is 106 cm³/mol. The minimum absolute atomic E-state index is 0. The van der Waals surface area contributed by atoms with E-state index >= 15 is 0 Å². The number of rotatable bonds is 6. The van der Waals surface area contributed by atoms with Crippen LogP contribution < -0.4 is 10.1 Å². The zero-order chi connectivity index (χ0) is 17.3. The first-order valence-electron chi connectivity index (χ1n) is 8.21. The van der Waals surface area contributed by atoms with Crippen LogP contribution in [0.1, 0.15) is 12.1 Å². The standard InChI is InChI=1S/C18H25N5O.ClH/c1-12-16-17(19-9-6-10-22(2)3)14-11-13(24-5)7-8-15(14)20-18(16)23(4)21-12;/h7-8,11H,6,9-10H2,1-5H3,(H,19,20);1H. The molecule has 2 aromatic heterocycles. The van der Waals surface area contributed by atoms with Crippen molar-refractivity contribution in [2.75, 3.05) is 39.6 Å². The number of pyridine rings is 1. The van der Waals surface area contributed by atoms with Gasteiger partial charge in [0.1, 0.15) is 5.75 Å². The molecule has 1 N–H and O–H groups in total. The Kier molecular flexibility index (Phi) is 6.08. The van der Waals surface area contributed by atoms with Crippen molar-refractivity contribution in [3.63, 3.8) is 0 Å². The van der Waals surface area contributed by atoms with Crippen molar-refractivity contribution >= 4 is 40.0 Å². The predicted octanol–water partition coefficient (Wildman–Crippen LogP) is 3.22. The second-order valence-corrected chi connectivity index (χ2v) is 6.36. The van der Waals surface area contributed by atoms with Gasteiger partial charge in [-0.2, -0.15) is 5.10 Å². The van der Waals surface area contributed by atoms with Gasteiger partial charge in [-0.3, -0.25) is 4.68 Å². The van der Waals surface area contributed by atoms with Crippen LogP contribution in [0.15, 0.2) is 18.2 Å². The van der Waals surface area contributed by atoms with E-state index in [-0.39, 0.29) is 12.4 Å². The number of methoxy groups -OCH3 is 1.